The van der Waals surface area contributed by atoms with Gasteiger partial charge in [0.2, 0.25) is 0 Å². The largest absolute Gasteiger partial charge is 0.496 e. The predicted octanol–water partition coefficient (Wildman–Crippen LogP) is 4.12. The third kappa shape index (κ3) is 4.61. The number of aromatic nitrogens is 1. The maximum absolute atomic E-state index is 12.8. The number of benzene rings is 2. The van der Waals surface area contributed by atoms with Gasteiger partial charge in [0.25, 0.3) is 10.0 Å². The van der Waals surface area contributed by atoms with E-state index in [1.165, 1.54) is 6.20 Å². The van der Waals surface area contributed by atoms with Gasteiger partial charge in [-0.05, 0) is 54.8 Å². The second-order valence-corrected chi connectivity index (χ2v) is 8.11. The second-order valence-electron chi connectivity index (χ2n) is 6.46. The molecule has 0 unspecified atom stereocenters. The molecular formula is C21H23N3O3S. The first-order valence-corrected chi connectivity index (χ1v) is 10.3. The number of hydrogen-bond donors (Lipinski definition) is 2. The van der Waals surface area contributed by atoms with Crippen LogP contribution in [0, 0.1) is 13.8 Å². The molecule has 0 amide bonds. The van der Waals surface area contributed by atoms with Crippen molar-refractivity contribution in [3.63, 3.8) is 0 Å². The highest BCUT2D eigenvalue weighted by Gasteiger charge is 2.19. The Hall–Kier alpha value is -3.06. The molecule has 0 aliphatic carbocycles. The average Bonchev–Trinajstić information content (AvgIpc) is 2.69. The first-order chi connectivity index (χ1) is 13.4. The summed E-state index contributed by atoms with van der Waals surface area (Å²) >= 11 is 0. The molecule has 2 N–H and O–H groups in total. The smallest absolute Gasteiger partial charge is 0.262 e. The van der Waals surface area contributed by atoms with Crippen molar-refractivity contribution in [3.05, 3.63) is 77.5 Å². The van der Waals surface area contributed by atoms with Gasteiger partial charge >= 0.3 is 0 Å². The van der Waals surface area contributed by atoms with Crippen LogP contribution in [0.25, 0.3) is 0 Å². The standard InChI is InChI=1S/C21H23N3O3S/c1-15-12-20(16(2)11-19(15)27-3)28(25,26)24-18-9-10-21(23-14-18)22-13-17-7-5-4-6-8-17/h4-12,14,24H,13H2,1-3H3,(H,22,23). The fourth-order valence-electron chi connectivity index (χ4n) is 2.83. The molecule has 2 aromatic carbocycles. The maximum atomic E-state index is 12.8. The molecule has 3 aromatic rings. The van der Waals surface area contributed by atoms with Crippen molar-refractivity contribution >= 4 is 21.5 Å². The summed E-state index contributed by atoms with van der Waals surface area (Å²) in [6.45, 7) is 4.20. The Labute approximate surface area is 165 Å². The van der Waals surface area contributed by atoms with Gasteiger partial charge in [0.05, 0.1) is 23.9 Å². The molecule has 7 heteroatoms. The van der Waals surface area contributed by atoms with Crippen LogP contribution >= 0.6 is 0 Å². The lowest BCUT2D eigenvalue weighted by Crippen LogP contribution is -2.15. The summed E-state index contributed by atoms with van der Waals surface area (Å²) in [4.78, 5) is 4.50. The van der Waals surface area contributed by atoms with E-state index < -0.39 is 10.0 Å². The van der Waals surface area contributed by atoms with Crippen LogP contribution in [-0.4, -0.2) is 20.5 Å². The molecule has 0 spiro atoms. The van der Waals surface area contributed by atoms with E-state index in [4.69, 9.17) is 4.74 Å². The lowest BCUT2D eigenvalue weighted by Gasteiger charge is -2.13. The van der Waals surface area contributed by atoms with E-state index in [1.807, 2.05) is 37.3 Å². The molecule has 146 valence electrons. The lowest BCUT2D eigenvalue weighted by atomic mass is 10.1. The van der Waals surface area contributed by atoms with Crippen LogP contribution in [0.15, 0.2) is 65.7 Å². The summed E-state index contributed by atoms with van der Waals surface area (Å²) in [5.74, 6) is 1.33. The van der Waals surface area contributed by atoms with Crippen molar-refractivity contribution in [2.24, 2.45) is 0 Å². The van der Waals surface area contributed by atoms with E-state index >= 15 is 0 Å². The average molecular weight is 398 g/mol. The summed E-state index contributed by atoms with van der Waals surface area (Å²) in [5, 5.41) is 3.21. The number of nitrogens with one attached hydrogen (secondary N) is 2. The summed E-state index contributed by atoms with van der Waals surface area (Å²) in [7, 11) is -2.16. The Morgan fingerprint density at radius 3 is 2.39 bits per heavy atom. The van der Waals surface area contributed by atoms with Gasteiger partial charge in [-0.15, -0.1) is 0 Å². The number of methoxy groups -OCH3 is 1. The van der Waals surface area contributed by atoms with Crippen molar-refractivity contribution in [2.45, 2.75) is 25.3 Å². The van der Waals surface area contributed by atoms with E-state index in [-0.39, 0.29) is 4.90 Å². The van der Waals surface area contributed by atoms with Crippen LogP contribution in [0.2, 0.25) is 0 Å². The van der Waals surface area contributed by atoms with Crippen molar-refractivity contribution in [1.29, 1.82) is 0 Å². The van der Waals surface area contributed by atoms with Gasteiger partial charge in [0.15, 0.2) is 0 Å². The first kappa shape index (κ1) is 19.7. The summed E-state index contributed by atoms with van der Waals surface area (Å²) in [6.07, 6.45) is 1.50. The predicted molar refractivity (Wildman–Crippen MR) is 111 cm³/mol. The van der Waals surface area contributed by atoms with Crippen LogP contribution in [0.1, 0.15) is 16.7 Å². The number of anilines is 2. The molecule has 0 bridgehead atoms. The Morgan fingerprint density at radius 2 is 1.75 bits per heavy atom. The molecule has 0 saturated carbocycles. The van der Waals surface area contributed by atoms with Crippen molar-refractivity contribution < 1.29 is 13.2 Å². The Kier molecular flexibility index (Phi) is 5.84. The maximum Gasteiger partial charge on any atom is 0.262 e. The number of hydrogen-bond acceptors (Lipinski definition) is 5. The van der Waals surface area contributed by atoms with Gasteiger partial charge in [-0.1, -0.05) is 30.3 Å². The molecule has 0 saturated heterocycles. The number of nitrogens with zero attached hydrogens (tertiary/aromatic N) is 1. The summed E-state index contributed by atoms with van der Waals surface area (Å²) < 4.78 is 33.4. The Morgan fingerprint density at radius 1 is 1.00 bits per heavy atom. The fraction of sp³-hybridized carbons (Fsp3) is 0.190. The second kappa shape index (κ2) is 8.31. The number of aryl methyl sites for hydroxylation is 2. The zero-order valence-electron chi connectivity index (χ0n) is 16.1. The van der Waals surface area contributed by atoms with E-state index in [1.54, 1.807) is 38.3 Å². The molecule has 0 atom stereocenters. The highest BCUT2D eigenvalue weighted by molar-refractivity contribution is 7.92. The molecule has 1 heterocycles. The van der Waals surface area contributed by atoms with Gasteiger partial charge in [-0.2, -0.15) is 0 Å². The van der Waals surface area contributed by atoms with E-state index in [0.29, 0.717) is 29.4 Å². The van der Waals surface area contributed by atoms with Gasteiger partial charge in [-0.3, -0.25) is 4.72 Å². The van der Waals surface area contributed by atoms with E-state index in [2.05, 4.69) is 15.0 Å². The molecule has 6 nitrogen and oxygen atoms in total. The molecular weight excluding hydrogens is 374 g/mol. The zero-order valence-corrected chi connectivity index (χ0v) is 16.9. The molecule has 0 fully saturated rings. The van der Waals surface area contributed by atoms with Gasteiger partial charge < -0.3 is 10.1 Å². The number of pyridine rings is 1. The monoisotopic (exact) mass is 397 g/mol. The molecule has 0 aliphatic rings. The highest BCUT2D eigenvalue weighted by Crippen LogP contribution is 2.27. The normalized spacial score (nSPS) is 11.1. The van der Waals surface area contributed by atoms with Crippen LogP contribution in [0.3, 0.4) is 0 Å². The zero-order chi connectivity index (χ0) is 20.1. The fourth-order valence-corrected chi connectivity index (χ4v) is 4.19. The SMILES string of the molecule is COc1cc(C)c(S(=O)(=O)Nc2ccc(NCc3ccccc3)nc2)cc1C. The molecule has 3 rings (SSSR count). The van der Waals surface area contributed by atoms with Crippen molar-refractivity contribution in [2.75, 3.05) is 17.1 Å². The number of sulfonamides is 1. The van der Waals surface area contributed by atoms with Crippen molar-refractivity contribution in [3.8, 4) is 5.75 Å². The minimum atomic E-state index is -3.73. The minimum absolute atomic E-state index is 0.220. The molecule has 28 heavy (non-hydrogen) atoms. The molecule has 1 aromatic heterocycles. The van der Waals surface area contributed by atoms with Crippen LogP contribution in [0.5, 0.6) is 5.75 Å². The van der Waals surface area contributed by atoms with Gasteiger partial charge in [0, 0.05) is 6.54 Å². The molecule has 0 radical (unpaired) electrons. The Bertz CT molecular complexity index is 1050. The Balaban J connectivity index is 1.72. The topological polar surface area (TPSA) is 80.3 Å². The van der Waals surface area contributed by atoms with Crippen LogP contribution in [-0.2, 0) is 16.6 Å². The van der Waals surface area contributed by atoms with Crippen LogP contribution < -0.4 is 14.8 Å². The van der Waals surface area contributed by atoms with Gasteiger partial charge in [0.1, 0.15) is 11.6 Å². The minimum Gasteiger partial charge on any atom is -0.496 e. The number of rotatable bonds is 7. The van der Waals surface area contributed by atoms with Gasteiger partial charge in [-0.25, -0.2) is 13.4 Å². The highest BCUT2D eigenvalue weighted by atomic mass is 32.2. The summed E-state index contributed by atoms with van der Waals surface area (Å²) in [6, 6.07) is 16.7. The third-order valence-corrected chi connectivity index (χ3v) is 5.84. The van der Waals surface area contributed by atoms with E-state index in [0.717, 1.165) is 11.1 Å². The molecule has 0 aliphatic heterocycles. The van der Waals surface area contributed by atoms with Crippen LogP contribution in [0.4, 0.5) is 11.5 Å². The third-order valence-electron chi connectivity index (χ3n) is 4.31. The van der Waals surface area contributed by atoms with Crippen molar-refractivity contribution in [1.82, 2.24) is 4.98 Å². The quantitative estimate of drug-likeness (QED) is 0.627. The summed E-state index contributed by atoms with van der Waals surface area (Å²) in [5.41, 5.74) is 2.91. The van der Waals surface area contributed by atoms with E-state index in [9.17, 15) is 8.42 Å². The lowest BCUT2D eigenvalue weighted by molar-refractivity contribution is 0.411. The number of ether oxygens (including phenoxy) is 1. The first-order valence-electron chi connectivity index (χ1n) is 8.81.